The van der Waals surface area contributed by atoms with Crippen LogP contribution in [0, 0.1) is 0 Å². The summed E-state index contributed by atoms with van der Waals surface area (Å²) in [7, 11) is 0. The first-order valence-corrected chi connectivity index (χ1v) is 11.0. The standard InChI is InChI=1S/C24H24F3N5O2/c25-24(26,27)19-3-1-4-20(17-19)30-13-15-31(16-14-30)22(33)5-2-12-32-23(34)7-6-21(29-32)18-8-10-28-11-9-18/h1,3-4,6-11,17H,2,5,12-16H2. The lowest BCUT2D eigenvalue weighted by Crippen LogP contribution is -2.48. The smallest absolute Gasteiger partial charge is 0.368 e. The summed E-state index contributed by atoms with van der Waals surface area (Å²) in [4.78, 5) is 32.3. The lowest BCUT2D eigenvalue weighted by atomic mass is 10.1. The number of rotatable bonds is 6. The zero-order valence-corrected chi connectivity index (χ0v) is 18.4. The molecule has 1 aliphatic rings. The number of alkyl halides is 3. The van der Waals surface area contributed by atoms with Gasteiger partial charge in [0.1, 0.15) is 0 Å². The molecule has 0 atom stereocenters. The first kappa shape index (κ1) is 23.5. The largest absolute Gasteiger partial charge is 0.416 e. The van der Waals surface area contributed by atoms with Gasteiger partial charge in [-0.2, -0.15) is 18.3 Å². The fourth-order valence-electron chi connectivity index (χ4n) is 3.92. The predicted molar refractivity (Wildman–Crippen MR) is 121 cm³/mol. The Bertz CT molecular complexity index is 1190. The van der Waals surface area contributed by atoms with E-state index in [1.54, 1.807) is 41.6 Å². The molecule has 3 heterocycles. The molecule has 0 bridgehead atoms. The van der Waals surface area contributed by atoms with Crippen LogP contribution in [0.25, 0.3) is 11.3 Å². The third-order valence-electron chi connectivity index (χ3n) is 5.77. The van der Waals surface area contributed by atoms with Gasteiger partial charge in [0.15, 0.2) is 0 Å². The molecular formula is C24H24F3N5O2. The van der Waals surface area contributed by atoms with Crippen LogP contribution in [0.5, 0.6) is 0 Å². The number of amides is 1. The minimum absolute atomic E-state index is 0.0398. The second kappa shape index (κ2) is 10.1. The molecule has 1 amide bonds. The number of aryl methyl sites for hydroxylation is 1. The minimum Gasteiger partial charge on any atom is -0.368 e. The second-order valence-electron chi connectivity index (χ2n) is 8.04. The van der Waals surface area contributed by atoms with Crippen LogP contribution in [0.1, 0.15) is 18.4 Å². The van der Waals surface area contributed by atoms with Crippen molar-refractivity contribution in [1.82, 2.24) is 19.7 Å². The zero-order valence-electron chi connectivity index (χ0n) is 18.4. The van der Waals surface area contributed by atoms with Crippen LogP contribution >= 0.6 is 0 Å². The molecule has 4 rings (SSSR count). The molecule has 0 N–H and O–H groups in total. The minimum atomic E-state index is -4.39. The Kier molecular flexibility index (Phi) is 6.95. The molecule has 1 fully saturated rings. The van der Waals surface area contributed by atoms with Gasteiger partial charge in [-0.15, -0.1) is 0 Å². The van der Waals surface area contributed by atoms with Gasteiger partial charge in [-0.05, 0) is 42.8 Å². The molecule has 0 spiro atoms. The van der Waals surface area contributed by atoms with Crippen LogP contribution < -0.4 is 10.5 Å². The van der Waals surface area contributed by atoms with E-state index < -0.39 is 11.7 Å². The number of halogens is 3. The number of nitrogens with zero attached hydrogens (tertiary/aromatic N) is 5. The Labute approximate surface area is 194 Å². The first-order valence-electron chi connectivity index (χ1n) is 11.0. The highest BCUT2D eigenvalue weighted by atomic mass is 19.4. The average Bonchev–Trinajstić information content (AvgIpc) is 2.85. The van der Waals surface area contributed by atoms with Crippen molar-refractivity contribution in [2.75, 3.05) is 31.1 Å². The van der Waals surface area contributed by atoms with E-state index in [-0.39, 0.29) is 17.9 Å². The van der Waals surface area contributed by atoms with Crippen LogP contribution in [-0.2, 0) is 17.5 Å². The Morgan fingerprint density at radius 2 is 1.71 bits per heavy atom. The summed E-state index contributed by atoms with van der Waals surface area (Å²) in [5, 5.41) is 4.38. The van der Waals surface area contributed by atoms with Crippen molar-refractivity contribution in [3.05, 3.63) is 76.8 Å². The average molecular weight is 471 g/mol. The molecule has 1 aliphatic heterocycles. The molecule has 10 heteroatoms. The van der Waals surface area contributed by atoms with Crippen molar-refractivity contribution in [2.24, 2.45) is 0 Å². The van der Waals surface area contributed by atoms with Gasteiger partial charge in [0.25, 0.3) is 5.56 Å². The Hall–Kier alpha value is -3.69. The SMILES string of the molecule is O=C(CCCn1nc(-c2ccncc2)ccc1=O)N1CCN(c2cccc(C(F)(F)F)c2)CC1. The Balaban J connectivity index is 1.29. The quantitative estimate of drug-likeness (QED) is 0.551. The van der Waals surface area contributed by atoms with E-state index in [0.29, 0.717) is 50.5 Å². The summed E-state index contributed by atoms with van der Waals surface area (Å²) in [5.41, 5.74) is 1.08. The summed E-state index contributed by atoms with van der Waals surface area (Å²) >= 11 is 0. The van der Waals surface area contributed by atoms with Gasteiger partial charge in [-0.1, -0.05) is 6.07 Å². The summed E-state index contributed by atoms with van der Waals surface area (Å²) in [6, 6.07) is 12.0. The molecular weight excluding hydrogens is 447 g/mol. The summed E-state index contributed by atoms with van der Waals surface area (Å²) < 4.78 is 40.3. The molecule has 1 saturated heterocycles. The number of pyridine rings is 1. The van der Waals surface area contributed by atoms with Crippen molar-refractivity contribution in [1.29, 1.82) is 0 Å². The van der Waals surface area contributed by atoms with Crippen LogP contribution in [0.15, 0.2) is 65.7 Å². The summed E-state index contributed by atoms with van der Waals surface area (Å²) in [5.74, 6) is -0.0398. The van der Waals surface area contributed by atoms with E-state index in [0.717, 1.165) is 17.7 Å². The molecule has 3 aromatic rings. The van der Waals surface area contributed by atoms with Crippen molar-refractivity contribution < 1.29 is 18.0 Å². The monoisotopic (exact) mass is 471 g/mol. The van der Waals surface area contributed by atoms with Gasteiger partial charge in [0.2, 0.25) is 5.91 Å². The first-order chi connectivity index (χ1) is 16.3. The van der Waals surface area contributed by atoms with Crippen LogP contribution in [0.4, 0.5) is 18.9 Å². The van der Waals surface area contributed by atoms with Gasteiger partial charge in [0.05, 0.1) is 11.3 Å². The lowest BCUT2D eigenvalue weighted by molar-refractivity contribution is -0.137. The Morgan fingerprint density at radius 1 is 0.971 bits per heavy atom. The van der Waals surface area contributed by atoms with Crippen molar-refractivity contribution >= 4 is 11.6 Å². The molecule has 34 heavy (non-hydrogen) atoms. The van der Waals surface area contributed by atoms with Crippen molar-refractivity contribution in [3.63, 3.8) is 0 Å². The van der Waals surface area contributed by atoms with E-state index in [1.807, 2.05) is 4.90 Å². The predicted octanol–water partition coefficient (Wildman–Crippen LogP) is 3.45. The second-order valence-corrected chi connectivity index (χ2v) is 8.04. The van der Waals surface area contributed by atoms with E-state index in [1.165, 1.54) is 16.8 Å². The maximum atomic E-state index is 13.0. The molecule has 1 aromatic carbocycles. The normalized spacial score (nSPS) is 14.3. The number of hydrogen-bond donors (Lipinski definition) is 0. The van der Waals surface area contributed by atoms with E-state index in [2.05, 4.69) is 10.1 Å². The van der Waals surface area contributed by atoms with Crippen LogP contribution in [0.3, 0.4) is 0 Å². The molecule has 2 aromatic heterocycles. The van der Waals surface area contributed by atoms with Crippen molar-refractivity contribution in [2.45, 2.75) is 25.6 Å². The maximum Gasteiger partial charge on any atom is 0.416 e. The summed E-state index contributed by atoms with van der Waals surface area (Å²) in [6.07, 6.45) is -0.366. The third kappa shape index (κ3) is 5.62. The van der Waals surface area contributed by atoms with Gasteiger partial charge in [-0.25, -0.2) is 4.68 Å². The highest BCUT2D eigenvalue weighted by Crippen LogP contribution is 2.31. The maximum absolute atomic E-state index is 13.0. The topological polar surface area (TPSA) is 71.3 Å². The zero-order chi connectivity index (χ0) is 24.1. The Morgan fingerprint density at radius 3 is 2.41 bits per heavy atom. The number of benzene rings is 1. The van der Waals surface area contributed by atoms with Crippen LogP contribution in [-0.4, -0.2) is 51.8 Å². The number of aromatic nitrogens is 3. The number of hydrogen-bond acceptors (Lipinski definition) is 5. The summed E-state index contributed by atoms with van der Waals surface area (Å²) in [6.45, 7) is 2.10. The molecule has 7 nitrogen and oxygen atoms in total. The highest BCUT2D eigenvalue weighted by molar-refractivity contribution is 5.76. The molecule has 178 valence electrons. The van der Waals surface area contributed by atoms with Crippen molar-refractivity contribution in [3.8, 4) is 11.3 Å². The van der Waals surface area contributed by atoms with Gasteiger partial charge in [-0.3, -0.25) is 14.6 Å². The lowest BCUT2D eigenvalue weighted by Gasteiger charge is -2.36. The third-order valence-corrected chi connectivity index (χ3v) is 5.77. The molecule has 0 unspecified atom stereocenters. The molecule has 0 radical (unpaired) electrons. The number of piperazine rings is 1. The van der Waals surface area contributed by atoms with Gasteiger partial charge in [0, 0.05) is 68.9 Å². The molecule has 0 aliphatic carbocycles. The molecule has 0 saturated carbocycles. The van der Waals surface area contributed by atoms with E-state index >= 15 is 0 Å². The number of anilines is 1. The van der Waals surface area contributed by atoms with Gasteiger partial charge < -0.3 is 9.80 Å². The van der Waals surface area contributed by atoms with Gasteiger partial charge >= 0.3 is 6.18 Å². The van der Waals surface area contributed by atoms with E-state index in [4.69, 9.17) is 0 Å². The van der Waals surface area contributed by atoms with E-state index in [9.17, 15) is 22.8 Å². The van der Waals surface area contributed by atoms with Crippen LogP contribution in [0.2, 0.25) is 0 Å². The fourth-order valence-corrected chi connectivity index (χ4v) is 3.92. The number of carbonyl (C=O) groups excluding carboxylic acids is 1. The number of carbonyl (C=O) groups is 1. The highest BCUT2D eigenvalue weighted by Gasteiger charge is 2.31. The fraction of sp³-hybridized carbons (Fsp3) is 0.333.